The van der Waals surface area contributed by atoms with Gasteiger partial charge >= 0.3 is 0 Å². The number of rotatable bonds is 8. The fourth-order valence-corrected chi connectivity index (χ4v) is 5.54. The number of amides is 2. The fraction of sp³-hybridized carbons (Fsp3) is 0.444. The number of nitrogens with one attached hydrogen (secondary N) is 1. The molecule has 2 amide bonds. The molecule has 2 unspecified atom stereocenters. The summed E-state index contributed by atoms with van der Waals surface area (Å²) in [5.74, 6) is 1.26. The lowest BCUT2D eigenvalue weighted by atomic mass is 9.83. The van der Waals surface area contributed by atoms with Crippen LogP contribution in [0.1, 0.15) is 67.9 Å². The maximum Gasteiger partial charge on any atom is 0.286 e. The molecule has 4 rings (SSSR count). The molecular formula is C27H31NO6S. The van der Waals surface area contributed by atoms with E-state index in [2.05, 4.69) is 19.2 Å². The third-order valence-corrected chi connectivity index (χ3v) is 7.24. The smallest absolute Gasteiger partial charge is 0.286 e. The number of ether oxygens (including phenoxy) is 2. The van der Waals surface area contributed by atoms with Crippen LogP contribution in [0.15, 0.2) is 36.4 Å². The number of imide groups is 1. The Labute approximate surface area is 209 Å². The Morgan fingerprint density at radius 2 is 1.86 bits per heavy atom. The average Bonchev–Trinajstić information content (AvgIpc) is 3.09. The highest BCUT2D eigenvalue weighted by atomic mass is 32.2. The number of carbonyl (C=O) groups excluding carboxylic acids is 3. The van der Waals surface area contributed by atoms with Crippen molar-refractivity contribution in [3.63, 3.8) is 0 Å². The first-order valence-corrected chi connectivity index (χ1v) is 12.8. The number of ketones is 1. The number of aromatic hydroxyl groups is 1. The summed E-state index contributed by atoms with van der Waals surface area (Å²) in [6.45, 7) is 8.32. The molecule has 0 spiro atoms. The highest BCUT2D eigenvalue weighted by Crippen LogP contribution is 2.41. The number of benzene rings is 2. The van der Waals surface area contributed by atoms with Gasteiger partial charge in [-0.2, -0.15) is 0 Å². The maximum absolute atomic E-state index is 13.1. The molecule has 0 aliphatic carbocycles. The van der Waals surface area contributed by atoms with Gasteiger partial charge in [0.25, 0.3) is 5.24 Å². The molecule has 8 heteroatoms. The van der Waals surface area contributed by atoms with E-state index in [4.69, 9.17) is 9.47 Å². The first-order chi connectivity index (χ1) is 16.5. The first kappa shape index (κ1) is 25.1. The molecule has 2 N–H and O–H groups in total. The number of thioether (sulfide) groups is 1. The van der Waals surface area contributed by atoms with Crippen molar-refractivity contribution in [3.8, 4) is 17.2 Å². The van der Waals surface area contributed by atoms with E-state index in [0.29, 0.717) is 29.9 Å². The number of phenolic OH excluding ortho intramolecular Hbond substituents is 1. The molecule has 0 radical (unpaired) electrons. The summed E-state index contributed by atoms with van der Waals surface area (Å²) in [6.07, 6.45) is 1.26. The minimum atomic E-state index is -0.818. The van der Waals surface area contributed by atoms with Crippen LogP contribution >= 0.6 is 11.8 Å². The second kappa shape index (κ2) is 9.93. The molecule has 0 aromatic heterocycles. The van der Waals surface area contributed by atoms with Crippen LogP contribution in [0.25, 0.3) is 0 Å². The predicted octanol–water partition coefficient (Wildman–Crippen LogP) is 5.24. The summed E-state index contributed by atoms with van der Waals surface area (Å²) in [6, 6.07) is 10.7. The fourth-order valence-electron chi connectivity index (χ4n) is 4.68. The second-order valence-electron chi connectivity index (χ2n) is 10.1. The van der Waals surface area contributed by atoms with Crippen LogP contribution in [-0.2, 0) is 11.2 Å². The highest BCUT2D eigenvalue weighted by Gasteiger charge is 2.42. The molecule has 2 aliphatic heterocycles. The van der Waals surface area contributed by atoms with E-state index >= 15 is 0 Å². The SMILES string of the molecule is CC(C)CC1(COc2ccc(CC3SC(=O)NC3=O)cc2)CC(=O)c2cc(O)c(C(C)C)cc2O1. The van der Waals surface area contributed by atoms with Crippen molar-refractivity contribution in [2.75, 3.05) is 6.61 Å². The van der Waals surface area contributed by atoms with Crippen LogP contribution in [0.4, 0.5) is 4.79 Å². The zero-order valence-electron chi connectivity index (χ0n) is 20.4. The first-order valence-electron chi connectivity index (χ1n) is 11.9. The summed E-state index contributed by atoms with van der Waals surface area (Å²) < 4.78 is 12.6. The Morgan fingerprint density at radius 1 is 1.14 bits per heavy atom. The molecule has 7 nitrogen and oxygen atoms in total. The molecule has 2 aromatic carbocycles. The number of hydrogen-bond acceptors (Lipinski definition) is 7. The molecule has 2 heterocycles. The average molecular weight is 498 g/mol. The quantitative estimate of drug-likeness (QED) is 0.514. The second-order valence-corrected chi connectivity index (χ2v) is 11.2. The Balaban J connectivity index is 1.50. The van der Waals surface area contributed by atoms with E-state index in [1.807, 2.05) is 38.1 Å². The highest BCUT2D eigenvalue weighted by molar-refractivity contribution is 8.15. The van der Waals surface area contributed by atoms with Gasteiger partial charge in [-0.15, -0.1) is 0 Å². The Morgan fingerprint density at radius 3 is 2.46 bits per heavy atom. The van der Waals surface area contributed by atoms with Gasteiger partial charge in [0.2, 0.25) is 5.91 Å². The number of fused-ring (bicyclic) bond motifs is 1. The minimum Gasteiger partial charge on any atom is -0.508 e. The van der Waals surface area contributed by atoms with Crippen LogP contribution in [0, 0.1) is 5.92 Å². The van der Waals surface area contributed by atoms with Gasteiger partial charge in [-0.3, -0.25) is 19.7 Å². The van der Waals surface area contributed by atoms with E-state index in [0.717, 1.165) is 22.9 Å². The van der Waals surface area contributed by atoms with Gasteiger partial charge in [0, 0.05) is 5.56 Å². The monoisotopic (exact) mass is 497 g/mol. The number of phenols is 1. The van der Waals surface area contributed by atoms with Crippen molar-refractivity contribution in [1.29, 1.82) is 0 Å². The molecule has 2 atom stereocenters. The molecule has 186 valence electrons. The van der Waals surface area contributed by atoms with E-state index < -0.39 is 10.9 Å². The molecule has 0 bridgehead atoms. The number of hydrogen-bond donors (Lipinski definition) is 2. The molecule has 1 fully saturated rings. The van der Waals surface area contributed by atoms with E-state index in [-0.39, 0.29) is 47.5 Å². The number of Topliss-reactive ketones (excluding diaryl/α,β-unsaturated/α-hetero) is 1. The number of carbonyl (C=O) groups is 3. The van der Waals surface area contributed by atoms with Crippen LogP contribution in [0.2, 0.25) is 0 Å². The van der Waals surface area contributed by atoms with Gasteiger partial charge in [0.15, 0.2) is 11.4 Å². The standard InChI is InChI=1S/C27H31NO6S/c1-15(2)12-27(13-22(30)20-10-21(29)19(16(3)4)11-23(20)34-27)14-33-18-7-5-17(6-8-18)9-24-25(31)28-26(32)35-24/h5-8,10-11,15-16,24,29H,9,12-14H2,1-4H3,(H,28,31,32). The molecule has 1 saturated heterocycles. The van der Waals surface area contributed by atoms with Gasteiger partial charge in [0.1, 0.15) is 23.9 Å². The zero-order chi connectivity index (χ0) is 25.3. The Hall–Kier alpha value is -3.00. The lowest BCUT2D eigenvalue weighted by Gasteiger charge is -2.39. The summed E-state index contributed by atoms with van der Waals surface area (Å²) in [5.41, 5.74) is 1.25. The van der Waals surface area contributed by atoms with Gasteiger partial charge < -0.3 is 14.6 Å². The summed E-state index contributed by atoms with van der Waals surface area (Å²) in [7, 11) is 0. The predicted molar refractivity (Wildman–Crippen MR) is 135 cm³/mol. The zero-order valence-corrected chi connectivity index (χ0v) is 21.2. The largest absolute Gasteiger partial charge is 0.508 e. The summed E-state index contributed by atoms with van der Waals surface area (Å²) >= 11 is 1.01. The van der Waals surface area contributed by atoms with E-state index in [1.54, 1.807) is 6.07 Å². The minimum absolute atomic E-state index is 0.0710. The molecule has 0 saturated carbocycles. The molecule has 2 aliphatic rings. The topological polar surface area (TPSA) is 102 Å². The van der Waals surface area contributed by atoms with Crippen molar-refractivity contribution in [2.45, 2.75) is 63.7 Å². The molecular weight excluding hydrogens is 466 g/mol. The van der Waals surface area contributed by atoms with Crippen molar-refractivity contribution in [1.82, 2.24) is 5.32 Å². The van der Waals surface area contributed by atoms with Crippen LogP contribution in [0.3, 0.4) is 0 Å². The van der Waals surface area contributed by atoms with Crippen molar-refractivity contribution >= 4 is 28.7 Å². The van der Waals surface area contributed by atoms with E-state index in [9.17, 15) is 19.5 Å². The molecule has 35 heavy (non-hydrogen) atoms. The lowest BCUT2D eigenvalue weighted by molar-refractivity contribution is -0.118. The normalized spacial score (nSPS) is 21.8. The Kier molecular flexibility index (Phi) is 7.12. The maximum atomic E-state index is 13.1. The Bertz CT molecular complexity index is 1140. The molecule has 2 aromatic rings. The van der Waals surface area contributed by atoms with Gasteiger partial charge in [-0.05, 0) is 54.5 Å². The summed E-state index contributed by atoms with van der Waals surface area (Å²) in [5, 5.41) is 11.9. The summed E-state index contributed by atoms with van der Waals surface area (Å²) in [4.78, 5) is 36.3. The lowest BCUT2D eigenvalue weighted by Crippen LogP contribution is -2.48. The van der Waals surface area contributed by atoms with Crippen molar-refractivity contribution in [3.05, 3.63) is 53.1 Å². The van der Waals surface area contributed by atoms with Crippen molar-refractivity contribution in [2.24, 2.45) is 5.92 Å². The third-order valence-electron chi connectivity index (χ3n) is 6.25. The third kappa shape index (κ3) is 5.64. The van der Waals surface area contributed by atoms with Crippen LogP contribution in [-0.4, -0.2) is 39.5 Å². The van der Waals surface area contributed by atoms with Gasteiger partial charge in [0.05, 0.1) is 17.2 Å². The van der Waals surface area contributed by atoms with E-state index in [1.165, 1.54) is 6.07 Å². The van der Waals surface area contributed by atoms with Crippen LogP contribution in [0.5, 0.6) is 17.2 Å². The van der Waals surface area contributed by atoms with Crippen molar-refractivity contribution < 1.29 is 29.0 Å². The van der Waals surface area contributed by atoms with Gasteiger partial charge in [-0.1, -0.05) is 51.6 Å². The van der Waals surface area contributed by atoms with Crippen LogP contribution < -0.4 is 14.8 Å². The van der Waals surface area contributed by atoms with Gasteiger partial charge in [-0.25, -0.2) is 0 Å².